The number of imidazole rings is 1. The number of thiophene rings is 1. The summed E-state index contributed by atoms with van der Waals surface area (Å²) >= 11 is 1.46. The Balaban J connectivity index is 0.00000140. The van der Waals surface area contributed by atoms with Crippen molar-refractivity contribution in [2.24, 2.45) is 0 Å². The molecule has 0 radical (unpaired) electrons. The number of likely N-dealkylation sites (tertiary alicyclic amines) is 1. The van der Waals surface area contributed by atoms with Gasteiger partial charge in [-0.2, -0.15) is 0 Å². The van der Waals surface area contributed by atoms with Crippen molar-refractivity contribution in [3.8, 4) is 0 Å². The van der Waals surface area contributed by atoms with Crippen LogP contribution < -0.4 is 5.62 Å². The molecule has 1 N–H and O–H groups in total. The van der Waals surface area contributed by atoms with Crippen LogP contribution in [0.5, 0.6) is 0 Å². The third kappa shape index (κ3) is 4.84. The van der Waals surface area contributed by atoms with Gasteiger partial charge in [-0.15, -0.1) is 45.3 Å². The fourth-order valence-electron chi connectivity index (χ4n) is 3.76. The molecule has 3 aromatic rings. The van der Waals surface area contributed by atoms with E-state index in [2.05, 4.69) is 11.0 Å². The molecular weight excluding hydrogens is 504 g/mol. The van der Waals surface area contributed by atoms with Crippen LogP contribution in [0.15, 0.2) is 41.8 Å². The molecule has 28 heavy (non-hydrogen) atoms. The number of aromatic nitrogens is 2. The minimum atomic E-state index is 0. The van der Waals surface area contributed by atoms with Crippen molar-refractivity contribution in [2.75, 3.05) is 19.6 Å². The summed E-state index contributed by atoms with van der Waals surface area (Å²) in [5.74, 6) is 0.0671. The Morgan fingerprint density at radius 2 is 1.61 bits per heavy atom. The molecule has 1 aliphatic heterocycles. The summed E-state index contributed by atoms with van der Waals surface area (Å²) < 4.78 is 3.89. The van der Waals surface area contributed by atoms with Crippen LogP contribution in [0, 0.1) is 5.41 Å². The van der Waals surface area contributed by atoms with E-state index in [0.717, 1.165) is 42.1 Å². The first-order valence-corrected chi connectivity index (χ1v) is 10.1. The Hall–Kier alpha value is -1.22. The van der Waals surface area contributed by atoms with Crippen LogP contribution in [-0.4, -0.2) is 39.5 Å². The van der Waals surface area contributed by atoms with Gasteiger partial charge in [0.05, 0.1) is 22.5 Å². The number of fused-ring (bicyclic) bond motifs is 1. The molecule has 3 heterocycles. The first kappa shape index (κ1) is 23.1. The van der Waals surface area contributed by atoms with E-state index in [4.69, 9.17) is 5.41 Å². The van der Waals surface area contributed by atoms with Crippen molar-refractivity contribution in [1.82, 2.24) is 14.0 Å². The monoisotopic (exact) mass is 528 g/mol. The molecule has 0 atom stereocenters. The number of halogens is 2. The van der Waals surface area contributed by atoms with E-state index in [1.807, 2.05) is 44.8 Å². The number of Topliss-reactive ketones (excluding diaryl/α,β-unsaturated/α-hetero) is 1. The zero-order valence-electron chi connectivity index (χ0n) is 15.7. The summed E-state index contributed by atoms with van der Waals surface area (Å²) in [6.45, 7) is 4.28. The van der Waals surface area contributed by atoms with Gasteiger partial charge in [0.15, 0.2) is 5.78 Å². The van der Waals surface area contributed by atoms with Gasteiger partial charge in [0, 0.05) is 13.1 Å². The lowest BCUT2D eigenvalue weighted by molar-refractivity contribution is 0.0975. The Morgan fingerprint density at radius 3 is 2.25 bits per heavy atom. The van der Waals surface area contributed by atoms with Crippen molar-refractivity contribution < 1.29 is 4.79 Å². The number of carbonyl (C=O) groups is 1. The van der Waals surface area contributed by atoms with E-state index in [-0.39, 0.29) is 46.3 Å². The van der Waals surface area contributed by atoms with E-state index in [9.17, 15) is 4.79 Å². The van der Waals surface area contributed by atoms with Gasteiger partial charge in [0.1, 0.15) is 0 Å². The van der Waals surface area contributed by atoms with Crippen LogP contribution in [0.3, 0.4) is 0 Å². The van der Waals surface area contributed by atoms with E-state index in [1.165, 1.54) is 30.6 Å². The molecule has 0 aliphatic carbocycles. The molecule has 0 saturated carbocycles. The van der Waals surface area contributed by atoms with Crippen LogP contribution in [0.1, 0.15) is 28.9 Å². The van der Waals surface area contributed by atoms with Crippen LogP contribution in [0.4, 0.5) is 0 Å². The fourth-order valence-corrected chi connectivity index (χ4v) is 4.42. The zero-order chi connectivity index (χ0) is 17.9. The second-order valence-electron chi connectivity index (χ2n) is 6.85. The average molecular weight is 530 g/mol. The SMILES string of the molecule is Br.Br.N=c1n(CCN2CCCCC2)c2ccccc2n1CC(=O)c1cccs1. The van der Waals surface area contributed by atoms with Crippen LogP contribution in [-0.2, 0) is 13.1 Å². The third-order valence-electron chi connectivity index (χ3n) is 5.16. The maximum atomic E-state index is 12.6. The molecule has 152 valence electrons. The Labute approximate surface area is 190 Å². The van der Waals surface area contributed by atoms with E-state index < -0.39 is 0 Å². The number of piperidine rings is 1. The largest absolute Gasteiger partial charge is 0.309 e. The molecule has 0 amide bonds. The topological polar surface area (TPSA) is 54.0 Å². The van der Waals surface area contributed by atoms with Crippen molar-refractivity contribution in [1.29, 1.82) is 5.41 Å². The van der Waals surface area contributed by atoms with Gasteiger partial charge >= 0.3 is 0 Å². The number of rotatable bonds is 6. The van der Waals surface area contributed by atoms with E-state index in [1.54, 1.807) is 0 Å². The molecular formula is C20H26Br2N4OS. The summed E-state index contributed by atoms with van der Waals surface area (Å²) in [5, 5.41) is 10.6. The highest BCUT2D eigenvalue weighted by Gasteiger charge is 2.16. The number of nitrogens with zero attached hydrogens (tertiary/aromatic N) is 3. The van der Waals surface area contributed by atoms with Gasteiger partial charge in [0.2, 0.25) is 5.62 Å². The number of nitrogens with one attached hydrogen (secondary N) is 1. The molecule has 1 aromatic carbocycles. The summed E-state index contributed by atoms with van der Waals surface area (Å²) in [4.78, 5) is 15.8. The number of ketones is 1. The number of para-hydroxylation sites is 2. The summed E-state index contributed by atoms with van der Waals surface area (Å²) in [6, 6.07) is 11.8. The molecule has 0 bridgehead atoms. The summed E-state index contributed by atoms with van der Waals surface area (Å²) in [6.07, 6.45) is 3.88. The predicted octanol–water partition coefficient (Wildman–Crippen LogP) is 4.51. The molecule has 0 spiro atoms. The molecule has 5 nitrogen and oxygen atoms in total. The Morgan fingerprint density at radius 1 is 0.929 bits per heavy atom. The van der Waals surface area contributed by atoms with Crippen molar-refractivity contribution in [2.45, 2.75) is 32.4 Å². The van der Waals surface area contributed by atoms with Crippen LogP contribution in [0.2, 0.25) is 0 Å². The lowest BCUT2D eigenvalue weighted by Gasteiger charge is -2.26. The van der Waals surface area contributed by atoms with E-state index >= 15 is 0 Å². The molecule has 0 unspecified atom stereocenters. The fraction of sp³-hybridized carbons (Fsp3) is 0.400. The maximum Gasteiger partial charge on any atom is 0.203 e. The number of benzene rings is 1. The van der Waals surface area contributed by atoms with E-state index in [0.29, 0.717) is 5.62 Å². The quantitative estimate of drug-likeness (QED) is 0.478. The van der Waals surface area contributed by atoms with Crippen LogP contribution in [0.25, 0.3) is 11.0 Å². The van der Waals surface area contributed by atoms with Gasteiger partial charge in [-0.25, -0.2) is 0 Å². The normalized spacial score (nSPS) is 14.4. The van der Waals surface area contributed by atoms with Crippen molar-refractivity contribution in [3.05, 3.63) is 52.3 Å². The van der Waals surface area contributed by atoms with Crippen molar-refractivity contribution >= 4 is 62.1 Å². The first-order chi connectivity index (χ1) is 12.7. The van der Waals surface area contributed by atoms with Gasteiger partial charge in [-0.3, -0.25) is 10.2 Å². The standard InChI is InChI=1S/C20H24N4OS.2BrH/c21-20-23(13-12-22-10-4-1-5-11-22)16-7-2-3-8-17(16)24(20)15-18(25)19-9-6-14-26-19;;/h2-3,6-9,14,21H,1,4-5,10-13,15H2;2*1H. The molecule has 1 fully saturated rings. The molecule has 4 rings (SSSR count). The minimum absolute atomic E-state index is 0. The number of hydrogen-bond donors (Lipinski definition) is 1. The Bertz CT molecular complexity index is 958. The highest BCUT2D eigenvalue weighted by atomic mass is 79.9. The average Bonchev–Trinajstić information content (AvgIpc) is 3.29. The lowest BCUT2D eigenvalue weighted by atomic mass is 10.1. The molecule has 1 aliphatic rings. The second-order valence-corrected chi connectivity index (χ2v) is 7.80. The highest BCUT2D eigenvalue weighted by Crippen LogP contribution is 2.16. The Kier molecular flexibility index (Phi) is 8.67. The van der Waals surface area contributed by atoms with Gasteiger partial charge in [-0.05, 0) is 49.5 Å². The number of carbonyl (C=O) groups excluding carboxylic acids is 1. The molecule has 2 aromatic heterocycles. The smallest absolute Gasteiger partial charge is 0.203 e. The molecule has 8 heteroatoms. The van der Waals surface area contributed by atoms with Crippen molar-refractivity contribution in [3.63, 3.8) is 0 Å². The van der Waals surface area contributed by atoms with Gasteiger partial charge in [0.25, 0.3) is 0 Å². The third-order valence-corrected chi connectivity index (χ3v) is 6.07. The van der Waals surface area contributed by atoms with Gasteiger partial charge < -0.3 is 14.0 Å². The van der Waals surface area contributed by atoms with Crippen LogP contribution >= 0.6 is 45.3 Å². The highest BCUT2D eigenvalue weighted by molar-refractivity contribution is 8.93. The zero-order valence-corrected chi connectivity index (χ0v) is 19.9. The van der Waals surface area contributed by atoms with Gasteiger partial charge in [-0.1, -0.05) is 24.6 Å². The minimum Gasteiger partial charge on any atom is -0.309 e. The summed E-state index contributed by atoms with van der Waals surface area (Å²) in [7, 11) is 0. The lowest BCUT2D eigenvalue weighted by Crippen LogP contribution is -2.35. The number of hydrogen-bond acceptors (Lipinski definition) is 4. The summed E-state index contributed by atoms with van der Waals surface area (Å²) in [5.41, 5.74) is 2.41. The second kappa shape index (κ2) is 10.5. The maximum absolute atomic E-state index is 12.6. The molecule has 1 saturated heterocycles. The predicted molar refractivity (Wildman–Crippen MR) is 125 cm³/mol. The first-order valence-electron chi connectivity index (χ1n) is 9.26.